The van der Waals surface area contributed by atoms with Crippen molar-refractivity contribution in [3.63, 3.8) is 0 Å². The average Bonchev–Trinajstić information content (AvgIpc) is 3.35. The van der Waals surface area contributed by atoms with Gasteiger partial charge in [-0.15, -0.1) is 0 Å². The number of benzene rings is 2. The lowest BCUT2D eigenvalue weighted by Crippen LogP contribution is -2.36. The summed E-state index contributed by atoms with van der Waals surface area (Å²) in [5.41, 5.74) is 1.26. The van der Waals surface area contributed by atoms with Crippen molar-refractivity contribution >= 4 is 23.4 Å². The third-order valence-electron chi connectivity index (χ3n) is 5.04. The fourth-order valence-corrected chi connectivity index (χ4v) is 3.57. The van der Waals surface area contributed by atoms with E-state index in [1.807, 2.05) is 6.07 Å². The van der Waals surface area contributed by atoms with E-state index in [1.165, 1.54) is 23.1 Å². The molecule has 1 unspecified atom stereocenters. The Morgan fingerprint density at radius 3 is 2.80 bits per heavy atom. The van der Waals surface area contributed by atoms with Gasteiger partial charge in [0, 0.05) is 23.9 Å². The number of imide groups is 1. The van der Waals surface area contributed by atoms with Crippen LogP contribution < -0.4 is 10.1 Å². The molecule has 152 valence electrons. The van der Waals surface area contributed by atoms with Gasteiger partial charge in [0.15, 0.2) is 6.61 Å². The Morgan fingerprint density at radius 1 is 1.20 bits per heavy atom. The number of carbonyl (C=O) groups is 3. The van der Waals surface area contributed by atoms with Gasteiger partial charge in [-0.05, 0) is 43.2 Å². The molecule has 1 N–H and O–H groups in total. The summed E-state index contributed by atoms with van der Waals surface area (Å²) in [5.74, 6) is -0.742. The molecule has 2 aromatic rings. The summed E-state index contributed by atoms with van der Waals surface area (Å²) in [5, 5.41) is 11.3. The van der Waals surface area contributed by atoms with Gasteiger partial charge in [0.1, 0.15) is 11.8 Å². The fraction of sp³-hybridized carbons (Fsp3) is 0.273. The highest BCUT2D eigenvalue weighted by atomic mass is 16.5. The van der Waals surface area contributed by atoms with Gasteiger partial charge in [0.05, 0.1) is 23.8 Å². The van der Waals surface area contributed by atoms with Crippen molar-refractivity contribution in [2.75, 3.05) is 25.1 Å². The maximum atomic E-state index is 12.7. The van der Waals surface area contributed by atoms with Crippen molar-refractivity contribution in [1.82, 2.24) is 4.90 Å². The zero-order chi connectivity index (χ0) is 21.1. The van der Waals surface area contributed by atoms with Crippen molar-refractivity contribution in [1.29, 1.82) is 5.26 Å². The monoisotopic (exact) mass is 405 g/mol. The van der Waals surface area contributed by atoms with Crippen molar-refractivity contribution in [2.45, 2.75) is 18.9 Å². The van der Waals surface area contributed by atoms with E-state index in [0.717, 1.165) is 12.8 Å². The standard InChI is InChI=1S/C22H19N3O5/c23-8-10-30-16-4-1-3-15(12-16)24-20(26)14-6-7-18-19(11-14)22(28)25(21(18)27)13-17-5-2-9-29-17/h1,3-4,6-7,11-12,17H,2,5,9-10,13H2,(H,24,26). The number of rotatable bonds is 6. The topological polar surface area (TPSA) is 109 Å². The Hall–Kier alpha value is -3.70. The first-order chi connectivity index (χ1) is 14.6. The SMILES string of the molecule is N#CCOc1cccc(NC(=O)c2ccc3c(c2)C(=O)N(CC2CCCO2)C3=O)c1. The number of hydrogen-bond donors (Lipinski definition) is 1. The Balaban J connectivity index is 1.49. The third-order valence-corrected chi connectivity index (χ3v) is 5.04. The van der Waals surface area contributed by atoms with Crippen LogP contribution in [0.3, 0.4) is 0 Å². The predicted molar refractivity (Wildman–Crippen MR) is 106 cm³/mol. The molecular formula is C22H19N3O5. The summed E-state index contributed by atoms with van der Waals surface area (Å²) in [4.78, 5) is 39.2. The molecule has 2 aromatic carbocycles. The summed E-state index contributed by atoms with van der Waals surface area (Å²) >= 11 is 0. The van der Waals surface area contributed by atoms with Gasteiger partial charge >= 0.3 is 0 Å². The molecule has 1 saturated heterocycles. The van der Waals surface area contributed by atoms with Crippen molar-refractivity contribution in [3.05, 3.63) is 59.2 Å². The Morgan fingerprint density at radius 2 is 2.03 bits per heavy atom. The molecule has 8 heteroatoms. The molecule has 0 bridgehead atoms. The van der Waals surface area contributed by atoms with Crippen LogP contribution in [0.1, 0.15) is 43.9 Å². The average molecular weight is 405 g/mol. The Kier molecular flexibility index (Phi) is 5.46. The maximum absolute atomic E-state index is 12.7. The molecule has 2 aliphatic rings. The van der Waals surface area contributed by atoms with Crippen LogP contribution in [0.2, 0.25) is 0 Å². The second kappa shape index (κ2) is 8.35. The van der Waals surface area contributed by atoms with E-state index in [2.05, 4.69) is 5.32 Å². The van der Waals surface area contributed by atoms with Crippen LogP contribution in [0.15, 0.2) is 42.5 Å². The predicted octanol–water partition coefficient (Wildman–Crippen LogP) is 2.62. The first kappa shape index (κ1) is 19.6. The number of fused-ring (bicyclic) bond motifs is 1. The lowest BCUT2D eigenvalue weighted by atomic mass is 10.1. The largest absolute Gasteiger partial charge is 0.479 e. The molecular weight excluding hydrogens is 386 g/mol. The number of ether oxygens (including phenoxy) is 2. The normalized spacial score (nSPS) is 17.6. The summed E-state index contributed by atoms with van der Waals surface area (Å²) < 4.78 is 10.8. The van der Waals surface area contributed by atoms with Crippen LogP contribution in [0.4, 0.5) is 5.69 Å². The van der Waals surface area contributed by atoms with Gasteiger partial charge in [-0.25, -0.2) is 0 Å². The van der Waals surface area contributed by atoms with Crippen LogP contribution in [0, 0.1) is 11.3 Å². The molecule has 0 aromatic heterocycles. The smallest absolute Gasteiger partial charge is 0.261 e. The van der Waals surface area contributed by atoms with E-state index in [-0.39, 0.29) is 36.3 Å². The molecule has 2 aliphatic heterocycles. The zero-order valence-corrected chi connectivity index (χ0v) is 16.1. The van der Waals surface area contributed by atoms with Crippen molar-refractivity contribution in [3.8, 4) is 11.8 Å². The van der Waals surface area contributed by atoms with Gasteiger partial charge in [-0.1, -0.05) is 6.07 Å². The molecule has 3 amide bonds. The Bertz CT molecular complexity index is 1050. The van der Waals surface area contributed by atoms with Gasteiger partial charge < -0.3 is 14.8 Å². The molecule has 1 atom stereocenters. The van der Waals surface area contributed by atoms with E-state index >= 15 is 0 Å². The van der Waals surface area contributed by atoms with Crippen LogP contribution in [0.5, 0.6) is 5.75 Å². The molecule has 0 saturated carbocycles. The van der Waals surface area contributed by atoms with E-state index < -0.39 is 11.8 Å². The highest BCUT2D eigenvalue weighted by molar-refractivity contribution is 6.22. The lowest BCUT2D eigenvalue weighted by molar-refractivity contribution is 0.0475. The van der Waals surface area contributed by atoms with Gasteiger partial charge in [0.25, 0.3) is 17.7 Å². The third kappa shape index (κ3) is 3.88. The number of nitrogens with one attached hydrogen (secondary N) is 1. The van der Waals surface area contributed by atoms with Gasteiger partial charge in [-0.3, -0.25) is 19.3 Å². The number of nitrogens with zero attached hydrogens (tertiary/aromatic N) is 2. The minimum atomic E-state index is -0.423. The molecule has 4 rings (SSSR count). The van der Waals surface area contributed by atoms with Crippen LogP contribution in [0.25, 0.3) is 0 Å². The molecule has 30 heavy (non-hydrogen) atoms. The maximum Gasteiger partial charge on any atom is 0.261 e. The highest BCUT2D eigenvalue weighted by Crippen LogP contribution is 2.26. The molecule has 0 spiro atoms. The second-order valence-corrected chi connectivity index (χ2v) is 7.05. The summed E-state index contributed by atoms with van der Waals surface area (Å²) in [6, 6.07) is 13.0. The van der Waals surface area contributed by atoms with E-state index in [1.54, 1.807) is 24.3 Å². The fourth-order valence-electron chi connectivity index (χ4n) is 3.57. The van der Waals surface area contributed by atoms with Crippen molar-refractivity contribution < 1.29 is 23.9 Å². The first-order valence-electron chi connectivity index (χ1n) is 9.60. The van der Waals surface area contributed by atoms with Gasteiger partial charge in [0.2, 0.25) is 0 Å². The highest BCUT2D eigenvalue weighted by Gasteiger charge is 2.37. The minimum Gasteiger partial charge on any atom is -0.479 e. The zero-order valence-electron chi connectivity index (χ0n) is 16.1. The second-order valence-electron chi connectivity index (χ2n) is 7.05. The first-order valence-corrected chi connectivity index (χ1v) is 9.60. The molecule has 8 nitrogen and oxygen atoms in total. The number of carbonyl (C=O) groups excluding carboxylic acids is 3. The minimum absolute atomic E-state index is 0.0965. The summed E-state index contributed by atoms with van der Waals surface area (Å²) in [7, 11) is 0. The summed E-state index contributed by atoms with van der Waals surface area (Å²) in [6.45, 7) is 0.769. The number of hydrogen-bond acceptors (Lipinski definition) is 6. The van der Waals surface area contributed by atoms with Crippen molar-refractivity contribution in [2.24, 2.45) is 0 Å². The molecule has 0 aliphatic carbocycles. The molecule has 2 heterocycles. The molecule has 1 fully saturated rings. The van der Waals surface area contributed by atoms with Gasteiger partial charge in [-0.2, -0.15) is 5.26 Å². The van der Waals surface area contributed by atoms with E-state index in [0.29, 0.717) is 23.6 Å². The summed E-state index contributed by atoms with van der Waals surface area (Å²) in [6.07, 6.45) is 1.60. The van der Waals surface area contributed by atoms with Crippen LogP contribution >= 0.6 is 0 Å². The number of nitriles is 1. The van der Waals surface area contributed by atoms with E-state index in [9.17, 15) is 14.4 Å². The lowest BCUT2D eigenvalue weighted by Gasteiger charge is -2.17. The molecule has 0 radical (unpaired) electrons. The van der Waals surface area contributed by atoms with Crippen LogP contribution in [-0.4, -0.2) is 48.5 Å². The van der Waals surface area contributed by atoms with Crippen LogP contribution in [-0.2, 0) is 4.74 Å². The number of amides is 3. The van der Waals surface area contributed by atoms with E-state index in [4.69, 9.17) is 14.7 Å². The number of anilines is 1. The Labute approximate surface area is 173 Å². The quantitative estimate of drug-likeness (QED) is 0.740.